The first-order valence-corrected chi connectivity index (χ1v) is 11.1. The minimum atomic E-state index is -2.49. The van der Waals surface area contributed by atoms with Crippen LogP contribution in [0.25, 0.3) is 27.9 Å². The number of imidazole rings is 1. The van der Waals surface area contributed by atoms with Crippen LogP contribution in [0.4, 0.5) is 14.7 Å². The molecule has 0 saturated heterocycles. The van der Waals surface area contributed by atoms with Gasteiger partial charge in [-0.15, -0.1) is 5.10 Å². The van der Waals surface area contributed by atoms with Crippen LogP contribution in [0.2, 0.25) is 0 Å². The molecule has 0 unspecified atom stereocenters. The first kappa shape index (κ1) is 22.2. The first-order chi connectivity index (χ1) is 16.1. The number of rotatable bonds is 6. The van der Waals surface area contributed by atoms with Crippen molar-refractivity contribution in [3.05, 3.63) is 36.4 Å². The molecule has 0 bridgehead atoms. The Hall–Kier alpha value is -3.63. The topological polar surface area (TPSA) is 93.2 Å². The molecule has 4 aromatic heterocycles. The number of carbonyl (C=O) groups excluding carboxylic acids is 1. The van der Waals surface area contributed by atoms with Crippen LogP contribution in [-0.2, 0) is 11.3 Å². The molecule has 4 aromatic rings. The molecule has 0 radical (unpaired) electrons. The molecule has 1 aliphatic rings. The molecule has 9 nitrogen and oxygen atoms in total. The third-order valence-electron chi connectivity index (χ3n) is 6.45. The number of halogens is 2. The third kappa shape index (κ3) is 3.74. The minimum Gasteiger partial charge on any atom is -0.350 e. The molecule has 0 aliphatic heterocycles. The lowest BCUT2D eigenvalue weighted by Gasteiger charge is -2.45. The Morgan fingerprint density at radius 3 is 2.74 bits per heavy atom. The lowest BCUT2D eigenvalue weighted by molar-refractivity contribution is -0.143. The van der Waals surface area contributed by atoms with Gasteiger partial charge in [-0.2, -0.15) is 0 Å². The molecule has 0 atom stereocenters. The third-order valence-corrected chi connectivity index (χ3v) is 6.45. The van der Waals surface area contributed by atoms with E-state index in [0.29, 0.717) is 28.6 Å². The zero-order valence-electron chi connectivity index (χ0n) is 19.5. The number of anilines is 1. The van der Waals surface area contributed by atoms with E-state index in [1.54, 1.807) is 42.7 Å². The molecule has 1 N–H and O–H groups in total. The predicted octanol–water partition coefficient (Wildman–Crippen LogP) is 3.38. The van der Waals surface area contributed by atoms with Gasteiger partial charge in [-0.1, -0.05) is 6.92 Å². The van der Waals surface area contributed by atoms with Gasteiger partial charge in [-0.25, -0.2) is 28.2 Å². The van der Waals surface area contributed by atoms with E-state index < -0.39 is 13.0 Å². The highest BCUT2D eigenvalue weighted by Gasteiger charge is 2.47. The number of pyridine rings is 1. The number of aromatic nitrogens is 6. The highest BCUT2D eigenvalue weighted by molar-refractivity contribution is 5.84. The van der Waals surface area contributed by atoms with Gasteiger partial charge in [0, 0.05) is 31.9 Å². The van der Waals surface area contributed by atoms with Crippen LogP contribution in [-0.4, -0.2) is 66.5 Å². The maximum atomic E-state index is 13.0. The van der Waals surface area contributed by atoms with Crippen molar-refractivity contribution in [2.75, 3.05) is 19.4 Å². The highest BCUT2D eigenvalue weighted by atomic mass is 19.3. The van der Waals surface area contributed by atoms with Crippen molar-refractivity contribution in [3.63, 3.8) is 0 Å². The van der Waals surface area contributed by atoms with Gasteiger partial charge in [0.15, 0.2) is 5.65 Å². The van der Waals surface area contributed by atoms with E-state index in [2.05, 4.69) is 25.4 Å². The van der Waals surface area contributed by atoms with Crippen LogP contribution in [0.1, 0.15) is 25.6 Å². The van der Waals surface area contributed by atoms with E-state index in [4.69, 9.17) is 0 Å². The monoisotopic (exact) mass is 468 g/mol. The summed E-state index contributed by atoms with van der Waals surface area (Å²) in [6.45, 7) is 3.23. The normalized spacial score (nSPS) is 20.1. The zero-order chi connectivity index (χ0) is 24.2. The quantitative estimate of drug-likeness (QED) is 0.466. The SMILES string of the molecule is Cc1nc2ccc(-c3ccn4nc(N[C@H]5C[C@](C)(C(=O)N(C)C)C5)ncc34)nc2n1CC(F)F. The van der Waals surface area contributed by atoms with E-state index >= 15 is 0 Å². The maximum Gasteiger partial charge on any atom is 0.256 e. The first-order valence-electron chi connectivity index (χ1n) is 11.1. The molecular formula is C23H26F2N8O. The molecule has 1 saturated carbocycles. The Bertz CT molecular complexity index is 1390. The van der Waals surface area contributed by atoms with E-state index in [9.17, 15) is 13.6 Å². The molecule has 1 aliphatic carbocycles. The predicted molar refractivity (Wildman–Crippen MR) is 124 cm³/mol. The standard InChI is InChI=1S/C23H26F2N8O/c1-13-27-17-6-5-16(29-20(17)32(13)12-19(24)25)15-7-8-33-18(15)11-26-22(30-33)28-14-9-23(2,10-14)21(34)31(3)4/h5-8,11,14,19H,9-10,12H2,1-4H3,(H,28,30)/t14-,23-. The number of alkyl halides is 2. The molecule has 34 heavy (non-hydrogen) atoms. The zero-order valence-corrected chi connectivity index (χ0v) is 19.5. The smallest absolute Gasteiger partial charge is 0.256 e. The summed E-state index contributed by atoms with van der Waals surface area (Å²) in [6.07, 6.45) is 2.47. The van der Waals surface area contributed by atoms with Crippen molar-refractivity contribution in [2.45, 2.75) is 45.7 Å². The van der Waals surface area contributed by atoms with Crippen LogP contribution in [0.3, 0.4) is 0 Å². The lowest BCUT2D eigenvalue weighted by atomic mass is 9.66. The summed E-state index contributed by atoms with van der Waals surface area (Å²) in [4.78, 5) is 27.4. The minimum absolute atomic E-state index is 0.129. The molecule has 5 rings (SSSR count). The van der Waals surface area contributed by atoms with Crippen molar-refractivity contribution >= 4 is 28.5 Å². The lowest BCUT2D eigenvalue weighted by Crippen LogP contribution is -2.52. The summed E-state index contributed by atoms with van der Waals surface area (Å²) in [7, 11) is 3.55. The van der Waals surface area contributed by atoms with Gasteiger partial charge in [-0.05, 0) is 38.0 Å². The summed E-state index contributed by atoms with van der Waals surface area (Å²) in [5.74, 6) is 1.11. The van der Waals surface area contributed by atoms with Crippen LogP contribution in [0, 0.1) is 12.3 Å². The van der Waals surface area contributed by atoms with Crippen molar-refractivity contribution in [1.82, 2.24) is 34.0 Å². The van der Waals surface area contributed by atoms with Gasteiger partial charge in [-0.3, -0.25) is 4.79 Å². The van der Waals surface area contributed by atoms with Crippen LogP contribution < -0.4 is 5.32 Å². The molecule has 1 amide bonds. The van der Waals surface area contributed by atoms with Crippen molar-refractivity contribution in [2.24, 2.45) is 5.41 Å². The van der Waals surface area contributed by atoms with Crippen LogP contribution >= 0.6 is 0 Å². The second-order valence-electron chi connectivity index (χ2n) is 9.35. The molecular weight excluding hydrogens is 442 g/mol. The van der Waals surface area contributed by atoms with Gasteiger partial charge in [0.2, 0.25) is 11.9 Å². The average Bonchev–Trinajstić information content (AvgIpc) is 3.31. The molecule has 178 valence electrons. The van der Waals surface area contributed by atoms with Crippen LogP contribution in [0.5, 0.6) is 0 Å². The summed E-state index contributed by atoms with van der Waals surface area (Å²) in [5.41, 5.74) is 2.82. The van der Waals surface area contributed by atoms with Gasteiger partial charge in [0.1, 0.15) is 11.3 Å². The molecule has 11 heteroatoms. The summed E-state index contributed by atoms with van der Waals surface area (Å²) in [5, 5.41) is 7.86. The number of hydrogen-bond donors (Lipinski definition) is 1. The Morgan fingerprint density at radius 2 is 2.03 bits per heavy atom. The van der Waals surface area contributed by atoms with Gasteiger partial charge in [0.25, 0.3) is 6.43 Å². The van der Waals surface area contributed by atoms with E-state index in [0.717, 1.165) is 23.9 Å². The van der Waals surface area contributed by atoms with Crippen molar-refractivity contribution in [1.29, 1.82) is 0 Å². The average molecular weight is 469 g/mol. The second kappa shape index (κ2) is 8.00. The summed E-state index contributed by atoms with van der Waals surface area (Å²) in [6, 6.07) is 5.61. The highest BCUT2D eigenvalue weighted by Crippen LogP contribution is 2.43. The molecule has 4 heterocycles. The Kier molecular flexibility index (Phi) is 5.22. The van der Waals surface area contributed by atoms with E-state index in [1.807, 2.05) is 25.3 Å². The van der Waals surface area contributed by atoms with E-state index in [1.165, 1.54) is 4.57 Å². The molecule has 0 aromatic carbocycles. The Morgan fingerprint density at radius 1 is 1.26 bits per heavy atom. The van der Waals surface area contributed by atoms with Gasteiger partial charge < -0.3 is 14.8 Å². The fraction of sp³-hybridized carbons (Fsp3) is 0.435. The van der Waals surface area contributed by atoms with Crippen LogP contribution in [0.15, 0.2) is 30.6 Å². The largest absolute Gasteiger partial charge is 0.350 e. The molecule has 0 spiro atoms. The molecule has 1 fully saturated rings. The van der Waals surface area contributed by atoms with Gasteiger partial charge >= 0.3 is 0 Å². The van der Waals surface area contributed by atoms with Gasteiger partial charge in [0.05, 0.1) is 29.4 Å². The fourth-order valence-electron chi connectivity index (χ4n) is 4.83. The number of fused-ring (bicyclic) bond motifs is 2. The number of nitrogens with zero attached hydrogens (tertiary/aromatic N) is 7. The fourth-order valence-corrected chi connectivity index (χ4v) is 4.83. The number of aryl methyl sites for hydroxylation is 1. The second-order valence-corrected chi connectivity index (χ2v) is 9.35. The van der Waals surface area contributed by atoms with Crippen molar-refractivity contribution in [3.8, 4) is 11.3 Å². The number of amides is 1. The maximum absolute atomic E-state index is 13.0. The number of carbonyl (C=O) groups is 1. The Labute approximate surface area is 194 Å². The number of nitrogens with one attached hydrogen (secondary N) is 1. The van der Waals surface area contributed by atoms with E-state index in [-0.39, 0.29) is 17.4 Å². The Balaban J connectivity index is 1.38. The summed E-state index contributed by atoms with van der Waals surface area (Å²) >= 11 is 0. The van der Waals surface area contributed by atoms with Crippen molar-refractivity contribution < 1.29 is 13.6 Å². The summed E-state index contributed by atoms with van der Waals surface area (Å²) < 4.78 is 29.2. The number of hydrogen-bond acceptors (Lipinski definition) is 6.